The summed E-state index contributed by atoms with van der Waals surface area (Å²) in [6.45, 7) is 2.13. The van der Waals surface area contributed by atoms with Crippen LogP contribution in [0.4, 0.5) is 0 Å². The lowest BCUT2D eigenvalue weighted by Crippen LogP contribution is -2.00. The molecular formula is C42H27N3O. The molecule has 4 heteroatoms. The topological polar surface area (TPSA) is 51.8 Å². The largest absolute Gasteiger partial charge is 0.455 e. The van der Waals surface area contributed by atoms with Crippen molar-refractivity contribution in [2.45, 2.75) is 6.92 Å². The van der Waals surface area contributed by atoms with Gasteiger partial charge in [-0.3, -0.25) is 0 Å². The SMILES string of the molecule is Cc1cc(-c2ccc(-c3nc(-c4ccc5ccccc5c4)nc(-c4ccc5ccccc5c4)n3)cc2)c2oc3ccccc3c2c1. The Hall–Kier alpha value is -6.13. The van der Waals surface area contributed by atoms with Crippen molar-refractivity contribution in [3.8, 4) is 45.3 Å². The molecule has 216 valence electrons. The normalized spacial score (nSPS) is 11.6. The number of hydrogen-bond acceptors (Lipinski definition) is 4. The molecule has 2 heterocycles. The summed E-state index contributed by atoms with van der Waals surface area (Å²) in [5.74, 6) is 1.92. The molecule has 9 rings (SSSR count). The average molecular weight is 590 g/mol. The van der Waals surface area contributed by atoms with Gasteiger partial charge in [0.2, 0.25) is 0 Å². The van der Waals surface area contributed by atoms with Gasteiger partial charge in [-0.15, -0.1) is 0 Å². The number of benzene rings is 7. The minimum atomic E-state index is 0.631. The van der Waals surface area contributed by atoms with Crippen molar-refractivity contribution in [2.24, 2.45) is 0 Å². The number of aryl methyl sites for hydroxylation is 1. The fraction of sp³-hybridized carbons (Fsp3) is 0.0238. The Morgan fingerprint density at radius 1 is 0.413 bits per heavy atom. The van der Waals surface area contributed by atoms with Crippen molar-refractivity contribution in [3.05, 3.63) is 151 Å². The van der Waals surface area contributed by atoms with Crippen LogP contribution in [0.2, 0.25) is 0 Å². The third kappa shape index (κ3) is 4.51. The second kappa shape index (κ2) is 10.5. The van der Waals surface area contributed by atoms with Crippen LogP contribution in [0.15, 0.2) is 150 Å². The van der Waals surface area contributed by atoms with Crippen molar-refractivity contribution < 1.29 is 4.42 Å². The highest BCUT2D eigenvalue weighted by molar-refractivity contribution is 6.10. The Labute approximate surface area is 265 Å². The summed E-state index contributed by atoms with van der Waals surface area (Å²) in [6.07, 6.45) is 0. The van der Waals surface area contributed by atoms with Crippen LogP contribution < -0.4 is 0 Å². The van der Waals surface area contributed by atoms with Crippen molar-refractivity contribution in [1.82, 2.24) is 15.0 Å². The third-order valence-electron chi connectivity index (χ3n) is 8.73. The lowest BCUT2D eigenvalue weighted by Gasteiger charge is -2.10. The van der Waals surface area contributed by atoms with E-state index in [0.29, 0.717) is 17.5 Å². The lowest BCUT2D eigenvalue weighted by atomic mass is 9.98. The van der Waals surface area contributed by atoms with Crippen LogP contribution in [0, 0.1) is 6.92 Å². The summed E-state index contributed by atoms with van der Waals surface area (Å²) >= 11 is 0. The predicted molar refractivity (Wildman–Crippen MR) is 189 cm³/mol. The number of para-hydroxylation sites is 1. The molecule has 46 heavy (non-hydrogen) atoms. The van der Waals surface area contributed by atoms with Crippen molar-refractivity contribution in [2.75, 3.05) is 0 Å². The summed E-state index contributed by atoms with van der Waals surface area (Å²) in [5.41, 5.74) is 7.96. The van der Waals surface area contributed by atoms with Crippen LogP contribution >= 0.6 is 0 Å². The van der Waals surface area contributed by atoms with Gasteiger partial charge in [0, 0.05) is 33.0 Å². The first-order chi connectivity index (χ1) is 22.7. The maximum absolute atomic E-state index is 6.37. The summed E-state index contributed by atoms with van der Waals surface area (Å²) < 4.78 is 6.37. The highest BCUT2D eigenvalue weighted by Crippen LogP contribution is 2.37. The van der Waals surface area contributed by atoms with Gasteiger partial charge in [0.05, 0.1) is 0 Å². The van der Waals surface area contributed by atoms with Crippen molar-refractivity contribution >= 4 is 43.5 Å². The molecule has 0 fully saturated rings. The second-order valence-corrected chi connectivity index (χ2v) is 11.8. The number of fused-ring (bicyclic) bond motifs is 5. The smallest absolute Gasteiger partial charge is 0.164 e. The molecule has 0 atom stereocenters. The molecule has 4 nitrogen and oxygen atoms in total. The fourth-order valence-electron chi connectivity index (χ4n) is 6.40. The van der Waals surface area contributed by atoms with Gasteiger partial charge < -0.3 is 4.42 Å². The number of nitrogens with zero attached hydrogens (tertiary/aromatic N) is 3. The fourth-order valence-corrected chi connectivity index (χ4v) is 6.40. The quantitative estimate of drug-likeness (QED) is 0.205. The molecule has 0 radical (unpaired) electrons. The van der Waals surface area contributed by atoms with E-state index in [-0.39, 0.29) is 0 Å². The van der Waals surface area contributed by atoms with Gasteiger partial charge in [-0.1, -0.05) is 115 Å². The minimum Gasteiger partial charge on any atom is -0.455 e. The van der Waals surface area contributed by atoms with E-state index in [1.807, 2.05) is 12.1 Å². The van der Waals surface area contributed by atoms with Gasteiger partial charge in [0.1, 0.15) is 11.2 Å². The van der Waals surface area contributed by atoms with E-state index in [9.17, 15) is 0 Å². The second-order valence-electron chi connectivity index (χ2n) is 11.8. The zero-order chi connectivity index (χ0) is 30.6. The molecule has 7 aromatic carbocycles. The Kier molecular flexibility index (Phi) is 6.00. The zero-order valence-corrected chi connectivity index (χ0v) is 25.1. The molecule has 0 N–H and O–H groups in total. The molecule has 9 aromatic rings. The minimum absolute atomic E-state index is 0.631. The van der Waals surface area contributed by atoms with Gasteiger partial charge in [0.15, 0.2) is 17.5 Å². The standard InChI is InChI=1S/C42H27N3O/c1-26-22-36(39-37(23-26)35-12-6-7-13-38(35)46-39)29-16-18-30(19-17-29)40-43-41(33-20-14-27-8-2-4-10-31(27)24-33)45-42(44-40)34-21-15-28-9-3-5-11-32(28)25-34/h2-25H,1H3. The van der Waals surface area contributed by atoms with Gasteiger partial charge in [-0.25, -0.2) is 15.0 Å². The number of rotatable bonds is 4. The van der Waals surface area contributed by atoms with E-state index >= 15 is 0 Å². The number of furan rings is 1. The van der Waals surface area contributed by atoms with Crippen LogP contribution in [-0.2, 0) is 0 Å². The van der Waals surface area contributed by atoms with Crippen LogP contribution in [-0.4, -0.2) is 15.0 Å². The summed E-state index contributed by atoms with van der Waals surface area (Å²) in [4.78, 5) is 15.1. The first kappa shape index (κ1) is 26.3. The molecule has 0 aliphatic carbocycles. The maximum Gasteiger partial charge on any atom is 0.164 e. The van der Waals surface area contributed by atoms with E-state index < -0.39 is 0 Å². The maximum atomic E-state index is 6.37. The van der Waals surface area contributed by atoms with Gasteiger partial charge >= 0.3 is 0 Å². The zero-order valence-electron chi connectivity index (χ0n) is 25.1. The molecule has 0 spiro atoms. The lowest BCUT2D eigenvalue weighted by molar-refractivity contribution is 0.670. The van der Waals surface area contributed by atoms with Gasteiger partial charge in [-0.05, 0) is 69.9 Å². The van der Waals surface area contributed by atoms with Crippen LogP contribution in [0.25, 0.3) is 88.8 Å². The third-order valence-corrected chi connectivity index (χ3v) is 8.73. The number of aromatic nitrogens is 3. The first-order valence-corrected chi connectivity index (χ1v) is 15.4. The Bertz CT molecular complexity index is 2500. The Balaban J connectivity index is 1.18. The van der Waals surface area contributed by atoms with E-state index in [1.54, 1.807) is 0 Å². The van der Waals surface area contributed by atoms with Gasteiger partial charge in [-0.2, -0.15) is 0 Å². The average Bonchev–Trinajstić information content (AvgIpc) is 3.49. The van der Waals surface area contributed by atoms with Crippen LogP contribution in [0.1, 0.15) is 5.56 Å². The molecule has 0 saturated carbocycles. The van der Waals surface area contributed by atoms with E-state index in [2.05, 4.69) is 140 Å². The monoisotopic (exact) mass is 589 g/mol. The highest BCUT2D eigenvalue weighted by Gasteiger charge is 2.16. The van der Waals surface area contributed by atoms with Gasteiger partial charge in [0.25, 0.3) is 0 Å². The van der Waals surface area contributed by atoms with E-state index in [4.69, 9.17) is 19.4 Å². The van der Waals surface area contributed by atoms with Crippen molar-refractivity contribution in [3.63, 3.8) is 0 Å². The molecule has 0 bridgehead atoms. The van der Waals surface area contributed by atoms with Crippen molar-refractivity contribution in [1.29, 1.82) is 0 Å². The highest BCUT2D eigenvalue weighted by atomic mass is 16.3. The molecule has 0 amide bonds. The summed E-state index contributed by atoms with van der Waals surface area (Å²) in [5, 5.41) is 6.92. The summed E-state index contributed by atoms with van der Waals surface area (Å²) in [7, 11) is 0. The van der Waals surface area contributed by atoms with Crippen LogP contribution in [0.5, 0.6) is 0 Å². The molecular weight excluding hydrogens is 562 g/mol. The summed E-state index contributed by atoms with van der Waals surface area (Å²) in [6, 6.07) is 50.5. The molecule has 0 unspecified atom stereocenters. The number of hydrogen-bond donors (Lipinski definition) is 0. The predicted octanol–water partition coefficient (Wildman–Crippen LogP) is 11.1. The molecule has 0 aliphatic rings. The van der Waals surface area contributed by atoms with Crippen LogP contribution in [0.3, 0.4) is 0 Å². The van der Waals surface area contributed by atoms with E-state index in [1.165, 1.54) is 16.3 Å². The first-order valence-electron chi connectivity index (χ1n) is 15.4. The molecule has 0 aliphatic heterocycles. The Morgan fingerprint density at radius 3 is 1.54 bits per heavy atom. The molecule has 2 aromatic heterocycles. The Morgan fingerprint density at radius 2 is 0.913 bits per heavy atom. The van der Waals surface area contributed by atoms with E-state index in [0.717, 1.165) is 60.5 Å². The molecule has 0 saturated heterocycles.